The lowest BCUT2D eigenvalue weighted by Gasteiger charge is -2.33. The molecule has 154 valence electrons. The molecule has 0 saturated carbocycles. The van der Waals surface area contributed by atoms with Crippen molar-refractivity contribution < 1.29 is 14.3 Å². The van der Waals surface area contributed by atoms with Crippen LogP contribution in [-0.4, -0.2) is 48.2 Å². The maximum Gasteiger partial charge on any atom is 0.228 e. The lowest BCUT2D eigenvalue weighted by molar-refractivity contribution is -0.137. The number of carbonyl (C=O) groups is 1. The molecule has 0 radical (unpaired) electrons. The summed E-state index contributed by atoms with van der Waals surface area (Å²) in [4.78, 5) is 19.1. The van der Waals surface area contributed by atoms with Crippen molar-refractivity contribution in [1.29, 1.82) is 0 Å². The van der Waals surface area contributed by atoms with Gasteiger partial charge in [-0.15, -0.1) is 0 Å². The van der Waals surface area contributed by atoms with Gasteiger partial charge < -0.3 is 14.4 Å². The van der Waals surface area contributed by atoms with Crippen LogP contribution in [0.25, 0.3) is 22.0 Å². The molecule has 30 heavy (non-hydrogen) atoms. The molecular weight excluding hydrogens is 376 g/mol. The topological polar surface area (TPSA) is 51.7 Å². The summed E-state index contributed by atoms with van der Waals surface area (Å²) in [6.45, 7) is 2.82. The average molecular weight is 402 g/mol. The number of benzene rings is 2. The number of piperidine rings is 1. The highest BCUT2D eigenvalue weighted by Crippen LogP contribution is 2.27. The standard InChI is InChI=1S/C25H26N2O3/c28-25(20-11-14-29-17-20)27-12-9-23(10-13-27)30-22-7-5-18(6-8-22)21-15-19-3-1-2-4-24(19)26-16-21/h1-8,15-16,20,23H,9-14,17H2. The van der Waals surface area contributed by atoms with E-state index in [9.17, 15) is 4.79 Å². The summed E-state index contributed by atoms with van der Waals surface area (Å²) in [5, 5.41) is 1.14. The fourth-order valence-electron chi connectivity index (χ4n) is 4.33. The van der Waals surface area contributed by atoms with Gasteiger partial charge in [-0.3, -0.25) is 9.78 Å². The van der Waals surface area contributed by atoms with Crippen LogP contribution in [0, 0.1) is 5.92 Å². The second kappa shape index (κ2) is 8.44. The largest absolute Gasteiger partial charge is 0.490 e. The Hall–Kier alpha value is -2.92. The molecular formula is C25H26N2O3. The fourth-order valence-corrected chi connectivity index (χ4v) is 4.33. The van der Waals surface area contributed by atoms with Gasteiger partial charge in [0.25, 0.3) is 0 Å². The van der Waals surface area contributed by atoms with Crippen molar-refractivity contribution in [2.45, 2.75) is 25.4 Å². The monoisotopic (exact) mass is 402 g/mol. The highest BCUT2D eigenvalue weighted by molar-refractivity contribution is 5.83. The maximum atomic E-state index is 12.5. The third kappa shape index (κ3) is 4.03. The van der Waals surface area contributed by atoms with Crippen LogP contribution in [0.5, 0.6) is 5.75 Å². The zero-order valence-electron chi connectivity index (χ0n) is 17.0. The van der Waals surface area contributed by atoms with Gasteiger partial charge in [0.1, 0.15) is 11.9 Å². The lowest BCUT2D eigenvalue weighted by Crippen LogP contribution is -2.44. The number of amides is 1. The first-order valence-corrected chi connectivity index (χ1v) is 10.7. The smallest absolute Gasteiger partial charge is 0.228 e. The maximum absolute atomic E-state index is 12.5. The Balaban J connectivity index is 1.19. The van der Waals surface area contributed by atoms with Crippen molar-refractivity contribution in [2.24, 2.45) is 5.92 Å². The van der Waals surface area contributed by atoms with Gasteiger partial charge in [-0.2, -0.15) is 0 Å². The van der Waals surface area contributed by atoms with Crippen LogP contribution in [0.1, 0.15) is 19.3 Å². The highest BCUT2D eigenvalue weighted by atomic mass is 16.5. The molecule has 5 nitrogen and oxygen atoms in total. The Kier molecular flexibility index (Phi) is 5.37. The molecule has 0 N–H and O–H groups in total. The van der Waals surface area contributed by atoms with Crippen LogP contribution in [0.4, 0.5) is 0 Å². The summed E-state index contributed by atoms with van der Waals surface area (Å²) in [5.41, 5.74) is 3.23. The normalized spacial score (nSPS) is 19.9. The predicted molar refractivity (Wildman–Crippen MR) is 116 cm³/mol. The first kappa shape index (κ1) is 19.1. The van der Waals surface area contributed by atoms with E-state index in [2.05, 4.69) is 29.2 Å². The van der Waals surface area contributed by atoms with E-state index in [-0.39, 0.29) is 17.9 Å². The zero-order chi connectivity index (χ0) is 20.3. The Morgan fingerprint density at radius 1 is 1.00 bits per heavy atom. The van der Waals surface area contributed by atoms with Crippen molar-refractivity contribution in [2.75, 3.05) is 26.3 Å². The Morgan fingerprint density at radius 3 is 2.57 bits per heavy atom. The molecule has 1 aromatic heterocycles. The Labute approximate surface area is 176 Å². The van der Waals surface area contributed by atoms with Crippen LogP contribution in [0.2, 0.25) is 0 Å². The molecule has 2 saturated heterocycles. The van der Waals surface area contributed by atoms with Gasteiger partial charge in [0.15, 0.2) is 0 Å². The molecule has 2 aliphatic heterocycles. The van der Waals surface area contributed by atoms with Gasteiger partial charge >= 0.3 is 0 Å². The minimum absolute atomic E-state index is 0.0552. The number of likely N-dealkylation sites (tertiary alicyclic amines) is 1. The molecule has 0 bridgehead atoms. The molecule has 1 atom stereocenters. The summed E-state index contributed by atoms with van der Waals surface area (Å²) >= 11 is 0. The number of pyridine rings is 1. The number of hydrogen-bond acceptors (Lipinski definition) is 4. The quantitative estimate of drug-likeness (QED) is 0.653. The number of ether oxygens (including phenoxy) is 2. The molecule has 5 rings (SSSR count). The molecule has 0 spiro atoms. The second-order valence-electron chi connectivity index (χ2n) is 8.14. The van der Waals surface area contributed by atoms with E-state index in [1.54, 1.807) is 0 Å². The minimum atomic E-state index is 0.0552. The molecule has 3 heterocycles. The van der Waals surface area contributed by atoms with E-state index in [0.717, 1.165) is 60.1 Å². The van der Waals surface area contributed by atoms with Crippen LogP contribution in [0.15, 0.2) is 60.8 Å². The van der Waals surface area contributed by atoms with E-state index >= 15 is 0 Å². The van der Waals surface area contributed by atoms with Crippen molar-refractivity contribution in [3.8, 4) is 16.9 Å². The number of aromatic nitrogens is 1. The molecule has 5 heteroatoms. The summed E-state index contributed by atoms with van der Waals surface area (Å²) in [7, 11) is 0. The van der Waals surface area contributed by atoms with Crippen molar-refractivity contribution in [3.63, 3.8) is 0 Å². The summed E-state index contributed by atoms with van der Waals surface area (Å²) in [6, 6.07) is 18.5. The van der Waals surface area contributed by atoms with E-state index in [1.165, 1.54) is 0 Å². The van der Waals surface area contributed by atoms with Crippen molar-refractivity contribution in [1.82, 2.24) is 9.88 Å². The fraction of sp³-hybridized carbons (Fsp3) is 0.360. The third-order valence-corrected chi connectivity index (χ3v) is 6.11. The van der Waals surface area contributed by atoms with Gasteiger partial charge in [0.05, 0.1) is 18.0 Å². The summed E-state index contributed by atoms with van der Waals surface area (Å²) < 4.78 is 11.5. The second-order valence-corrected chi connectivity index (χ2v) is 8.14. The van der Waals surface area contributed by atoms with Gasteiger partial charge in [-0.25, -0.2) is 0 Å². The van der Waals surface area contributed by atoms with E-state index in [4.69, 9.17) is 9.47 Å². The molecule has 2 aliphatic rings. The summed E-state index contributed by atoms with van der Waals surface area (Å²) in [6.07, 6.45) is 4.67. The van der Waals surface area contributed by atoms with Crippen LogP contribution < -0.4 is 4.74 Å². The van der Waals surface area contributed by atoms with Crippen LogP contribution >= 0.6 is 0 Å². The Bertz CT molecular complexity index is 1020. The minimum Gasteiger partial charge on any atom is -0.490 e. The first-order chi connectivity index (χ1) is 14.8. The molecule has 1 unspecified atom stereocenters. The van der Waals surface area contributed by atoms with E-state index < -0.39 is 0 Å². The van der Waals surface area contributed by atoms with E-state index in [0.29, 0.717) is 13.2 Å². The van der Waals surface area contributed by atoms with Crippen LogP contribution in [0.3, 0.4) is 0 Å². The third-order valence-electron chi connectivity index (χ3n) is 6.11. The molecule has 2 fully saturated rings. The van der Waals surface area contributed by atoms with Gasteiger partial charge in [-0.1, -0.05) is 30.3 Å². The highest BCUT2D eigenvalue weighted by Gasteiger charge is 2.31. The molecule has 0 aliphatic carbocycles. The van der Waals surface area contributed by atoms with Gasteiger partial charge in [0.2, 0.25) is 5.91 Å². The molecule has 3 aromatic rings. The van der Waals surface area contributed by atoms with E-state index in [1.807, 2.05) is 41.4 Å². The Morgan fingerprint density at radius 2 is 1.80 bits per heavy atom. The number of nitrogens with zero attached hydrogens (tertiary/aromatic N) is 2. The predicted octanol–water partition coefficient (Wildman–Crippen LogP) is 4.31. The molecule has 1 amide bonds. The summed E-state index contributed by atoms with van der Waals surface area (Å²) in [5.74, 6) is 1.18. The molecule has 2 aromatic carbocycles. The number of para-hydroxylation sites is 1. The number of hydrogen-bond donors (Lipinski definition) is 0. The number of fused-ring (bicyclic) bond motifs is 1. The zero-order valence-corrected chi connectivity index (χ0v) is 17.0. The lowest BCUT2D eigenvalue weighted by atomic mass is 10.0. The first-order valence-electron chi connectivity index (χ1n) is 10.7. The average Bonchev–Trinajstić information content (AvgIpc) is 3.34. The van der Waals surface area contributed by atoms with Crippen molar-refractivity contribution >= 4 is 16.8 Å². The van der Waals surface area contributed by atoms with Gasteiger partial charge in [0, 0.05) is 49.7 Å². The number of rotatable bonds is 4. The van der Waals surface area contributed by atoms with Crippen LogP contribution in [-0.2, 0) is 9.53 Å². The van der Waals surface area contributed by atoms with Crippen molar-refractivity contribution in [3.05, 3.63) is 60.8 Å². The van der Waals surface area contributed by atoms with Gasteiger partial charge in [-0.05, 0) is 36.2 Å². The number of carbonyl (C=O) groups excluding carboxylic acids is 1. The SMILES string of the molecule is O=C(C1CCOC1)N1CCC(Oc2ccc(-c3cnc4ccccc4c3)cc2)CC1.